The monoisotopic (exact) mass is 420 g/mol. The van der Waals surface area contributed by atoms with E-state index in [1.165, 1.54) is 23.3 Å². The molecule has 2 saturated carbocycles. The first-order valence-electron chi connectivity index (χ1n) is 8.50. The highest BCUT2D eigenvalue weighted by molar-refractivity contribution is 7.97. The molecule has 138 valence electrons. The summed E-state index contributed by atoms with van der Waals surface area (Å²) in [5, 5.41) is 19.8. The molecule has 6 nitrogen and oxygen atoms in total. The molecule has 2 aliphatic carbocycles. The summed E-state index contributed by atoms with van der Waals surface area (Å²) in [4.78, 5) is 5.33. The molecule has 3 heterocycles. The molecule has 0 spiro atoms. The number of hydrogen-bond donors (Lipinski definition) is 1. The summed E-state index contributed by atoms with van der Waals surface area (Å²) in [7, 11) is 0. The van der Waals surface area contributed by atoms with Gasteiger partial charge in [-0.15, -0.1) is 10.2 Å². The largest absolute Gasteiger partial charge is 0.295 e. The lowest BCUT2D eigenvalue weighted by atomic mass is 10.1. The Labute approximate surface area is 167 Å². The van der Waals surface area contributed by atoms with Crippen LogP contribution in [0.25, 0.3) is 16.3 Å². The molecule has 3 aromatic rings. The molecule has 10 heteroatoms. The maximum atomic E-state index is 13.1. The second kappa shape index (κ2) is 6.14. The Morgan fingerprint density at radius 3 is 2.85 bits per heavy atom. The van der Waals surface area contributed by atoms with Gasteiger partial charge >= 0.3 is 0 Å². The molecule has 0 amide bonds. The minimum atomic E-state index is -0.462. The Balaban J connectivity index is 1.49. The van der Waals surface area contributed by atoms with Gasteiger partial charge in [0.15, 0.2) is 10.8 Å². The maximum absolute atomic E-state index is 13.1. The first kappa shape index (κ1) is 17.4. The van der Waals surface area contributed by atoms with Gasteiger partial charge in [0.25, 0.3) is 0 Å². The van der Waals surface area contributed by atoms with Crippen molar-refractivity contribution >= 4 is 40.4 Å². The summed E-state index contributed by atoms with van der Waals surface area (Å²) in [5.74, 6) is 0.637. The molecule has 0 bridgehead atoms. The van der Waals surface area contributed by atoms with Crippen molar-refractivity contribution in [2.75, 3.05) is 6.67 Å². The van der Waals surface area contributed by atoms with E-state index in [4.69, 9.17) is 11.6 Å². The zero-order valence-corrected chi connectivity index (χ0v) is 16.5. The third-order valence-electron chi connectivity index (χ3n) is 5.05. The van der Waals surface area contributed by atoms with Crippen molar-refractivity contribution in [2.24, 2.45) is 0 Å². The molecule has 0 radical (unpaired) electrons. The van der Waals surface area contributed by atoms with Gasteiger partial charge in [-0.3, -0.25) is 9.12 Å². The number of nitriles is 1. The zero-order valence-electron chi connectivity index (χ0n) is 14.1. The maximum Gasteiger partial charge on any atom is 0.183 e. The number of hydrogen-bond acceptors (Lipinski definition) is 7. The number of rotatable bonds is 6. The molecule has 2 fully saturated rings. The van der Waals surface area contributed by atoms with Crippen LogP contribution in [0.2, 0.25) is 5.02 Å². The lowest BCUT2D eigenvalue weighted by molar-refractivity contribution is 0.402. The number of aromatic nitrogens is 4. The van der Waals surface area contributed by atoms with Gasteiger partial charge in [-0.2, -0.15) is 5.26 Å². The van der Waals surface area contributed by atoms with E-state index in [2.05, 4.69) is 26.0 Å². The highest BCUT2D eigenvalue weighted by Crippen LogP contribution is 2.49. The predicted octanol–water partition coefficient (Wildman–Crippen LogP) is 4.16. The molecule has 0 atom stereocenters. The zero-order chi connectivity index (χ0) is 18.6. The topological polar surface area (TPSA) is 78.9 Å². The standard InChI is InChI=1S/C17H14ClFN6S2/c18-11-5-10(27-24-17(8-19)3-4-17)7-25-12(11)6-21-13(25)14-22-23-15(26-14)16(9-20)1-2-16/h5-7,24H,1-4,8H2. The van der Waals surface area contributed by atoms with E-state index in [1.807, 2.05) is 16.7 Å². The second-order valence-corrected chi connectivity index (χ2v) is 9.35. The minimum Gasteiger partial charge on any atom is -0.295 e. The average molecular weight is 421 g/mol. The molecule has 27 heavy (non-hydrogen) atoms. The number of nitrogens with one attached hydrogen (secondary N) is 1. The van der Waals surface area contributed by atoms with Gasteiger partial charge in [0, 0.05) is 11.1 Å². The fraction of sp³-hybridized carbons (Fsp3) is 0.412. The molecule has 1 N–H and O–H groups in total. The van der Waals surface area contributed by atoms with E-state index in [9.17, 15) is 9.65 Å². The summed E-state index contributed by atoms with van der Waals surface area (Å²) in [6, 6.07) is 4.18. The van der Waals surface area contributed by atoms with Crippen LogP contribution in [0.15, 0.2) is 23.4 Å². The summed E-state index contributed by atoms with van der Waals surface area (Å²) in [6.45, 7) is -0.374. The summed E-state index contributed by atoms with van der Waals surface area (Å²) < 4.78 is 18.2. The van der Waals surface area contributed by atoms with E-state index in [0.29, 0.717) is 15.9 Å². The van der Waals surface area contributed by atoms with Crippen LogP contribution in [0.4, 0.5) is 4.39 Å². The first-order chi connectivity index (χ1) is 13.1. The van der Waals surface area contributed by atoms with Gasteiger partial charge in [0.1, 0.15) is 17.1 Å². The van der Waals surface area contributed by atoms with Crippen LogP contribution in [-0.2, 0) is 5.41 Å². The molecule has 0 aromatic carbocycles. The molecule has 3 aromatic heterocycles. The van der Waals surface area contributed by atoms with Gasteiger partial charge in [-0.1, -0.05) is 22.9 Å². The van der Waals surface area contributed by atoms with Crippen LogP contribution < -0.4 is 4.72 Å². The smallest absolute Gasteiger partial charge is 0.183 e. The van der Waals surface area contributed by atoms with E-state index in [0.717, 1.165) is 41.1 Å². The predicted molar refractivity (Wildman–Crippen MR) is 103 cm³/mol. The van der Waals surface area contributed by atoms with Crippen molar-refractivity contribution in [3.63, 3.8) is 0 Å². The number of imidazole rings is 1. The molecule has 2 aliphatic rings. The Kier molecular flexibility index (Phi) is 3.95. The average Bonchev–Trinajstić information content (AvgIpc) is 3.55. The van der Waals surface area contributed by atoms with E-state index >= 15 is 0 Å². The van der Waals surface area contributed by atoms with Crippen molar-refractivity contribution in [3.8, 4) is 16.9 Å². The van der Waals surface area contributed by atoms with Crippen molar-refractivity contribution in [3.05, 3.63) is 28.5 Å². The number of nitrogens with zero attached hydrogens (tertiary/aromatic N) is 5. The Morgan fingerprint density at radius 2 is 2.19 bits per heavy atom. The highest BCUT2D eigenvalue weighted by Gasteiger charge is 2.48. The number of alkyl halides is 1. The van der Waals surface area contributed by atoms with Crippen LogP contribution >= 0.6 is 34.9 Å². The number of fused-ring (bicyclic) bond motifs is 1. The lowest BCUT2D eigenvalue weighted by Crippen LogP contribution is -2.27. The van der Waals surface area contributed by atoms with Crippen molar-refractivity contribution in [1.82, 2.24) is 24.3 Å². The first-order valence-corrected chi connectivity index (χ1v) is 10.5. The number of pyridine rings is 1. The summed E-state index contributed by atoms with van der Waals surface area (Å²) in [5.41, 5.74) is -0.0921. The van der Waals surface area contributed by atoms with Crippen LogP contribution in [0.5, 0.6) is 0 Å². The second-order valence-electron chi connectivity index (χ2n) is 7.09. The third-order valence-corrected chi connectivity index (χ3v) is 7.47. The van der Waals surface area contributed by atoms with E-state index in [-0.39, 0.29) is 6.67 Å². The molecule has 0 unspecified atom stereocenters. The van der Waals surface area contributed by atoms with Crippen molar-refractivity contribution in [2.45, 2.75) is 41.5 Å². The van der Waals surface area contributed by atoms with E-state index in [1.54, 1.807) is 6.20 Å². The molecular weight excluding hydrogens is 407 g/mol. The lowest BCUT2D eigenvalue weighted by Gasteiger charge is -2.12. The normalized spacial score (nSPS) is 19.1. The molecular formula is C17H14ClFN6S2. The SMILES string of the molecule is N#CC1(c2nnc(-c3ncc4c(Cl)cc(SNC5(CF)CC5)cn34)s2)CC1. The fourth-order valence-electron chi connectivity index (χ4n) is 2.83. The van der Waals surface area contributed by atoms with Gasteiger partial charge in [-0.05, 0) is 43.7 Å². The highest BCUT2D eigenvalue weighted by atomic mass is 35.5. The van der Waals surface area contributed by atoms with Crippen LogP contribution in [0, 0.1) is 11.3 Å². The molecule has 5 rings (SSSR count). The van der Waals surface area contributed by atoms with Crippen LogP contribution in [-0.4, -0.2) is 31.8 Å². The summed E-state index contributed by atoms with van der Waals surface area (Å²) >= 11 is 9.20. The molecule has 0 aliphatic heterocycles. The number of halogens is 2. The Morgan fingerprint density at radius 1 is 1.37 bits per heavy atom. The Bertz CT molecular complexity index is 1080. The van der Waals surface area contributed by atoms with Gasteiger partial charge < -0.3 is 0 Å². The van der Waals surface area contributed by atoms with Crippen LogP contribution in [0.3, 0.4) is 0 Å². The van der Waals surface area contributed by atoms with Crippen molar-refractivity contribution in [1.29, 1.82) is 5.26 Å². The van der Waals surface area contributed by atoms with E-state index < -0.39 is 11.0 Å². The molecule has 0 saturated heterocycles. The quantitative estimate of drug-likeness (QED) is 0.603. The van der Waals surface area contributed by atoms with Gasteiger partial charge in [-0.25, -0.2) is 9.37 Å². The van der Waals surface area contributed by atoms with Gasteiger partial charge in [0.05, 0.1) is 28.3 Å². The minimum absolute atomic E-state index is 0.374. The van der Waals surface area contributed by atoms with Gasteiger partial charge in [0.2, 0.25) is 0 Å². The van der Waals surface area contributed by atoms with Crippen molar-refractivity contribution < 1.29 is 4.39 Å². The fourth-order valence-corrected chi connectivity index (χ4v) is 5.12. The summed E-state index contributed by atoms with van der Waals surface area (Å²) in [6.07, 6.45) is 6.95. The van der Waals surface area contributed by atoms with Crippen LogP contribution in [0.1, 0.15) is 30.7 Å². The Hall–Kier alpha value is -1.73. The third kappa shape index (κ3) is 2.91.